The Balaban J connectivity index is 2.70. The summed E-state index contributed by atoms with van der Waals surface area (Å²) in [6, 6.07) is 5.71. The Kier molecular flexibility index (Phi) is 3.65. The average molecular weight is 280 g/mol. The molecule has 2 rings (SSSR count). The van der Waals surface area contributed by atoms with Crippen LogP contribution in [0.3, 0.4) is 0 Å². The fourth-order valence-electron chi connectivity index (χ4n) is 2.15. The summed E-state index contributed by atoms with van der Waals surface area (Å²) in [5, 5.41) is 18.4. The SMILES string of the molecule is Cc1c(Cl)cccc1-c1nnc(CO)n1C(C)(C)C. The van der Waals surface area contributed by atoms with E-state index in [1.165, 1.54) is 0 Å². The second kappa shape index (κ2) is 4.94. The minimum atomic E-state index is -0.217. The van der Waals surface area contributed by atoms with E-state index in [0.717, 1.165) is 17.0 Å². The summed E-state index contributed by atoms with van der Waals surface area (Å²) in [5.41, 5.74) is 1.69. The molecule has 1 N–H and O–H groups in total. The summed E-state index contributed by atoms with van der Waals surface area (Å²) in [7, 11) is 0. The number of aliphatic hydroxyl groups is 1. The normalized spacial score (nSPS) is 11.9. The molecule has 0 aliphatic carbocycles. The van der Waals surface area contributed by atoms with Gasteiger partial charge in [-0.05, 0) is 39.3 Å². The van der Waals surface area contributed by atoms with Gasteiger partial charge in [-0.2, -0.15) is 0 Å². The molecule has 0 spiro atoms. The highest BCUT2D eigenvalue weighted by molar-refractivity contribution is 6.31. The summed E-state index contributed by atoms with van der Waals surface area (Å²) < 4.78 is 1.95. The van der Waals surface area contributed by atoms with Gasteiger partial charge in [0.15, 0.2) is 11.6 Å². The van der Waals surface area contributed by atoms with Gasteiger partial charge in [-0.25, -0.2) is 0 Å². The van der Waals surface area contributed by atoms with Crippen molar-refractivity contribution in [3.8, 4) is 11.4 Å². The smallest absolute Gasteiger partial charge is 0.164 e. The maximum Gasteiger partial charge on any atom is 0.164 e. The third-order valence-corrected chi connectivity index (χ3v) is 3.46. The molecule has 102 valence electrons. The molecule has 2 aromatic rings. The molecule has 0 fully saturated rings. The Labute approximate surface area is 118 Å². The second-order valence-corrected chi connectivity index (χ2v) is 5.92. The van der Waals surface area contributed by atoms with Crippen molar-refractivity contribution in [3.05, 3.63) is 34.6 Å². The molecule has 0 atom stereocenters. The van der Waals surface area contributed by atoms with Crippen molar-refractivity contribution in [1.82, 2.24) is 14.8 Å². The van der Waals surface area contributed by atoms with Crippen molar-refractivity contribution in [2.24, 2.45) is 0 Å². The quantitative estimate of drug-likeness (QED) is 0.919. The zero-order valence-electron chi connectivity index (χ0n) is 11.6. The van der Waals surface area contributed by atoms with Gasteiger partial charge in [-0.15, -0.1) is 10.2 Å². The first kappa shape index (κ1) is 14.0. The maximum absolute atomic E-state index is 9.42. The van der Waals surface area contributed by atoms with Gasteiger partial charge >= 0.3 is 0 Å². The third kappa shape index (κ3) is 2.51. The van der Waals surface area contributed by atoms with Crippen molar-refractivity contribution in [1.29, 1.82) is 0 Å². The predicted octanol–water partition coefficient (Wildman–Crippen LogP) is 3.15. The summed E-state index contributed by atoms with van der Waals surface area (Å²) in [5.74, 6) is 1.29. The number of hydrogen-bond acceptors (Lipinski definition) is 3. The van der Waals surface area contributed by atoms with E-state index in [-0.39, 0.29) is 12.1 Å². The first-order valence-corrected chi connectivity index (χ1v) is 6.55. The van der Waals surface area contributed by atoms with E-state index in [2.05, 4.69) is 31.0 Å². The topological polar surface area (TPSA) is 50.9 Å². The molecule has 0 saturated carbocycles. The highest BCUT2D eigenvalue weighted by Crippen LogP contribution is 2.31. The van der Waals surface area contributed by atoms with Gasteiger partial charge in [0, 0.05) is 16.1 Å². The molecule has 0 saturated heterocycles. The van der Waals surface area contributed by atoms with Crippen molar-refractivity contribution < 1.29 is 5.11 Å². The zero-order chi connectivity index (χ0) is 14.2. The number of halogens is 1. The lowest BCUT2D eigenvalue weighted by Gasteiger charge is -2.25. The number of rotatable bonds is 2. The Bertz CT molecular complexity index is 599. The fraction of sp³-hybridized carbons (Fsp3) is 0.429. The van der Waals surface area contributed by atoms with E-state index in [4.69, 9.17) is 11.6 Å². The van der Waals surface area contributed by atoms with Gasteiger partial charge < -0.3 is 9.67 Å². The highest BCUT2D eigenvalue weighted by Gasteiger charge is 2.24. The van der Waals surface area contributed by atoms with Crippen LogP contribution in [0.5, 0.6) is 0 Å². The van der Waals surface area contributed by atoms with Crippen LogP contribution in [0.25, 0.3) is 11.4 Å². The van der Waals surface area contributed by atoms with Crippen molar-refractivity contribution in [2.75, 3.05) is 0 Å². The van der Waals surface area contributed by atoms with Crippen LogP contribution in [0, 0.1) is 6.92 Å². The molecule has 0 aliphatic heterocycles. The number of aliphatic hydroxyl groups excluding tert-OH is 1. The second-order valence-electron chi connectivity index (χ2n) is 5.52. The first-order valence-electron chi connectivity index (χ1n) is 6.17. The minimum Gasteiger partial charge on any atom is -0.388 e. The maximum atomic E-state index is 9.42. The Morgan fingerprint density at radius 1 is 1.26 bits per heavy atom. The van der Waals surface area contributed by atoms with Crippen molar-refractivity contribution >= 4 is 11.6 Å². The Morgan fingerprint density at radius 3 is 2.53 bits per heavy atom. The van der Waals surface area contributed by atoms with Crippen molar-refractivity contribution in [3.63, 3.8) is 0 Å². The number of hydrogen-bond donors (Lipinski definition) is 1. The van der Waals surface area contributed by atoms with Crippen LogP contribution >= 0.6 is 11.6 Å². The van der Waals surface area contributed by atoms with Gasteiger partial charge in [0.1, 0.15) is 6.61 Å². The molecule has 0 radical (unpaired) electrons. The van der Waals surface area contributed by atoms with Crippen LogP contribution in [0.4, 0.5) is 0 Å². The molecule has 0 bridgehead atoms. The molecule has 19 heavy (non-hydrogen) atoms. The average Bonchev–Trinajstić information content (AvgIpc) is 2.76. The largest absolute Gasteiger partial charge is 0.388 e. The summed E-state index contributed by atoms with van der Waals surface area (Å²) in [6.07, 6.45) is 0. The van der Waals surface area contributed by atoms with E-state index in [0.29, 0.717) is 10.8 Å². The van der Waals surface area contributed by atoms with Gasteiger partial charge in [-0.1, -0.05) is 23.7 Å². The fourth-order valence-corrected chi connectivity index (χ4v) is 2.32. The molecule has 5 heteroatoms. The van der Waals surface area contributed by atoms with Crippen molar-refractivity contribution in [2.45, 2.75) is 39.8 Å². The third-order valence-electron chi connectivity index (χ3n) is 3.05. The van der Waals surface area contributed by atoms with Crippen LogP contribution in [0.2, 0.25) is 5.02 Å². The predicted molar refractivity (Wildman–Crippen MR) is 76.1 cm³/mol. The first-order chi connectivity index (χ1) is 8.86. The van der Waals surface area contributed by atoms with Gasteiger partial charge in [-0.3, -0.25) is 0 Å². The molecule has 4 nitrogen and oxygen atoms in total. The van der Waals surface area contributed by atoms with E-state index < -0.39 is 0 Å². The number of benzene rings is 1. The van der Waals surface area contributed by atoms with Gasteiger partial charge in [0.2, 0.25) is 0 Å². The lowest BCUT2D eigenvalue weighted by molar-refractivity contribution is 0.250. The Hall–Kier alpha value is -1.39. The summed E-state index contributed by atoms with van der Waals surface area (Å²) >= 11 is 6.16. The lowest BCUT2D eigenvalue weighted by Crippen LogP contribution is -2.25. The monoisotopic (exact) mass is 279 g/mol. The molecule has 1 aromatic heterocycles. The molecule has 0 amide bonds. The van der Waals surface area contributed by atoms with E-state index in [9.17, 15) is 5.11 Å². The van der Waals surface area contributed by atoms with Gasteiger partial charge in [0.05, 0.1) is 0 Å². The molecule has 0 aliphatic rings. The van der Waals surface area contributed by atoms with Crippen LogP contribution < -0.4 is 0 Å². The van der Waals surface area contributed by atoms with E-state index in [1.807, 2.05) is 29.7 Å². The lowest BCUT2D eigenvalue weighted by atomic mass is 10.0. The molecule has 1 heterocycles. The van der Waals surface area contributed by atoms with Gasteiger partial charge in [0.25, 0.3) is 0 Å². The highest BCUT2D eigenvalue weighted by atomic mass is 35.5. The molecule has 1 aromatic carbocycles. The minimum absolute atomic E-state index is 0.135. The van der Waals surface area contributed by atoms with Crippen LogP contribution in [0.15, 0.2) is 18.2 Å². The van der Waals surface area contributed by atoms with Crippen LogP contribution in [-0.2, 0) is 12.1 Å². The Morgan fingerprint density at radius 2 is 1.95 bits per heavy atom. The molecular formula is C14H18ClN3O. The number of aromatic nitrogens is 3. The number of nitrogens with zero attached hydrogens (tertiary/aromatic N) is 3. The van der Waals surface area contributed by atoms with E-state index >= 15 is 0 Å². The zero-order valence-corrected chi connectivity index (χ0v) is 12.4. The van der Waals surface area contributed by atoms with E-state index in [1.54, 1.807) is 0 Å². The molecular weight excluding hydrogens is 262 g/mol. The van der Waals surface area contributed by atoms with Crippen LogP contribution in [0.1, 0.15) is 32.2 Å². The van der Waals surface area contributed by atoms with Crippen LogP contribution in [-0.4, -0.2) is 19.9 Å². The summed E-state index contributed by atoms with van der Waals surface area (Å²) in [6.45, 7) is 7.98. The summed E-state index contributed by atoms with van der Waals surface area (Å²) in [4.78, 5) is 0. The standard InChI is InChI=1S/C14H18ClN3O/c1-9-10(6-5-7-11(9)15)13-17-16-12(8-19)18(13)14(2,3)4/h5-7,19H,8H2,1-4H3. The molecule has 0 unspecified atom stereocenters.